The second-order valence-corrected chi connectivity index (χ2v) is 5.17. The van der Waals surface area contributed by atoms with Gasteiger partial charge >= 0.3 is 8.25 Å². The minimum absolute atomic E-state index is 0.0303. The van der Waals surface area contributed by atoms with Gasteiger partial charge in [0.05, 0.1) is 0 Å². The summed E-state index contributed by atoms with van der Waals surface area (Å²) >= 11 is 0. The molecule has 1 heterocycles. The van der Waals surface area contributed by atoms with Crippen LogP contribution in [0, 0.1) is 11.3 Å². The zero-order valence-corrected chi connectivity index (χ0v) is 8.93. The van der Waals surface area contributed by atoms with E-state index in [1.807, 2.05) is 0 Å². The molecule has 0 saturated carbocycles. The molecule has 12 heavy (non-hydrogen) atoms. The van der Waals surface area contributed by atoms with Gasteiger partial charge in [-0.2, -0.15) is 0 Å². The zero-order valence-electron chi connectivity index (χ0n) is 8.03. The van der Waals surface area contributed by atoms with Crippen LogP contribution in [-0.2, 0) is 13.6 Å². The predicted molar refractivity (Wildman–Crippen MR) is 47.1 cm³/mol. The monoisotopic (exact) mass is 191 g/mol. The molecule has 1 aliphatic heterocycles. The molecule has 0 spiro atoms. The summed E-state index contributed by atoms with van der Waals surface area (Å²) in [5.74, 6) is 0.378. The molecule has 1 fully saturated rings. The summed E-state index contributed by atoms with van der Waals surface area (Å²) < 4.78 is 21.2. The largest absolute Gasteiger partial charge is 0.697 e. The lowest BCUT2D eigenvalue weighted by Crippen LogP contribution is -2.40. The minimum Gasteiger partial charge on any atom is -0.118 e. The van der Waals surface area contributed by atoms with Gasteiger partial charge in [-0.1, -0.05) is 27.7 Å². The van der Waals surface area contributed by atoms with Gasteiger partial charge in [0.15, 0.2) is 0 Å². The lowest BCUT2D eigenvalue weighted by Gasteiger charge is -2.33. The first-order chi connectivity index (χ1) is 5.43. The zero-order chi connectivity index (χ0) is 9.35. The van der Waals surface area contributed by atoms with Gasteiger partial charge in [-0.3, -0.25) is 0 Å². The standard InChI is InChI=1S/C8H16O3P/c1-6(2)7-8(3,4)5-10-12(9)11-7/h6-7H,5H2,1-4H3/q+1. The Morgan fingerprint density at radius 2 is 2.08 bits per heavy atom. The van der Waals surface area contributed by atoms with Crippen LogP contribution in [-0.4, -0.2) is 12.7 Å². The quantitative estimate of drug-likeness (QED) is 0.598. The average molecular weight is 191 g/mol. The number of hydrogen-bond acceptors (Lipinski definition) is 3. The van der Waals surface area contributed by atoms with Gasteiger partial charge in [-0.15, -0.1) is 9.05 Å². The van der Waals surface area contributed by atoms with Crippen LogP contribution in [0.5, 0.6) is 0 Å². The molecule has 4 heteroatoms. The smallest absolute Gasteiger partial charge is 0.118 e. The van der Waals surface area contributed by atoms with E-state index in [2.05, 4.69) is 27.7 Å². The first-order valence-electron chi connectivity index (χ1n) is 4.20. The molecule has 2 atom stereocenters. The molecule has 0 aromatic rings. The van der Waals surface area contributed by atoms with Gasteiger partial charge < -0.3 is 0 Å². The Kier molecular flexibility index (Phi) is 2.87. The van der Waals surface area contributed by atoms with Crippen LogP contribution in [0.25, 0.3) is 0 Å². The summed E-state index contributed by atoms with van der Waals surface area (Å²) in [6.07, 6.45) is 0.0369. The van der Waals surface area contributed by atoms with Gasteiger partial charge in [0.25, 0.3) is 0 Å². The number of hydrogen-bond donors (Lipinski definition) is 0. The molecule has 0 amide bonds. The van der Waals surface area contributed by atoms with Crippen molar-refractivity contribution in [2.75, 3.05) is 6.61 Å². The maximum absolute atomic E-state index is 11.0. The maximum Gasteiger partial charge on any atom is 0.697 e. The fourth-order valence-electron chi connectivity index (χ4n) is 1.59. The fourth-order valence-corrected chi connectivity index (χ4v) is 2.80. The summed E-state index contributed by atoms with van der Waals surface area (Å²) in [6.45, 7) is 8.80. The van der Waals surface area contributed by atoms with Crippen LogP contribution in [0.4, 0.5) is 0 Å². The van der Waals surface area contributed by atoms with Gasteiger partial charge in [-0.05, 0) is 5.92 Å². The summed E-state index contributed by atoms with van der Waals surface area (Å²) in [7, 11) is -1.87. The molecule has 3 nitrogen and oxygen atoms in total. The van der Waals surface area contributed by atoms with E-state index in [0.29, 0.717) is 12.5 Å². The van der Waals surface area contributed by atoms with Crippen LogP contribution >= 0.6 is 8.25 Å². The maximum atomic E-state index is 11.0. The Bertz CT molecular complexity index is 189. The summed E-state index contributed by atoms with van der Waals surface area (Å²) in [5.41, 5.74) is -0.0303. The third-order valence-electron chi connectivity index (χ3n) is 2.12. The van der Waals surface area contributed by atoms with E-state index in [0.717, 1.165) is 0 Å². The summed E-state index contributed by atoms with van der Waals surface area (Å²) in [4.78, 5) is 0. The van der Waals surface area contributed by atoms with Crippen molar-refractivity contribution in [1.82, 2.24) is 0 Å². The lowest BCUT2D eigenvalue weighted by atomic mass is 9.81. The van der Waals surface area contributed by atoms with E-state index in [4.69, 9.17) is 9.05 Å². The molecule has 1 aliphatic rings. The molecule has 2 unspecified atom stereocenters. The van der Waals surface area contributed by atoms with Crippen LogP contribution in [0.3, 0.4) is 0 Å². The highest BCUT2D eigenvalue weighted by Crippen LogP contribution is 2.43. The Morgan fingerprint density at radius 3 is 2.50 bits per heavy atom. The molecule has 70 valence electrons. The molecule has 1 rings (SSSR count). The Hall–Kier alpha value is 0.0200. The van der Waals surface area contributed by atoms with Crippen LogP contribution in [0.15, 0.2) is 0 Å². The van der Waals surface area contributed by atoms with Gasteiger partial charge in [0.2, 0.25) is 0 Å². The molecule has 0 aliphatic carbocycles. The average Bonchev–Trinajstić information content (AvgIpc) is 1.94. The molecule has 0 N–H and O–H groups in total. The van der Waals surface area contributed by atoms with E-state index in [1.165, 1.54) is 0 Å². The molecular formula is C8H16O3P+. The van der Waals surface area contributed by atoms with Crippen molar-refractivity contribution in [2.45, 2.75) is 33.8 Å². The van der Waals surface area contributed by atoms with Gasteiger partial charge in [0, 0.05) is 9.98 Å². The molecule has 0 radical (unpaired) electrons. The highest BCUT2D eigenvalue weighted by molar-refractivity contribution is 7.33. The SMILES string of the molecule is CC(C)C1O[P+](=O)OCC1(C)C. The minimum atomic E-state index is -1.87. The van der Waals surface area contributed by atoms with Crippen molar-refractivity contribution in [3.63, 3.8) is 0 Å². The lowest BCUT2D eigenvalue weighted by molar-refractivity contribution is -0.0388. The topological polar surface area (TPSA) is 35.5 Å². The summed E-state index contributed by atoms with van der Waals surface area (Å²) in [5, 5.41) is 0. The Labute approximate surface area is 74.4 Å². The van der Waals surface area contributed by atoms with Gasteiger partial charge in [0.1, 0.15) is 12.7 Å². The molecular weight excluding hydrogens is 175 g/mol. The first-order valence-corrected chi connectivity index (χ1v) is 5.30. The van der Waals surface area contributed by atoms with Crippen molar-refractivity contribution >= 4 is 8.25 Å². The van der Waals surface area contributed by atoms with E-state index >= 15 is 0 Å². The highest BCUT2D eigenvalue weighted by Gasteiger charge is 2.47. The van der Waals surface area contributed by atoms with Crippen molar-refractivity contribution in [3.8, 4) is 0 Å². The third-order valence-corrected chi connectivity index (χ3v) is 2.86. The predicted octanol–water partition coefficient (Wildman–Crippen LogP) is 2.74. The summed E-state index contributed by atoms with van der Waals surface area (Å²) in [6, 6.07) is 0. The second-order valence-electron chi connectivity index (χ2n) is 4.26. The van der Waals surface area contributed by atoms with Crippen molar-refractivity contribution < 1.29 is 13.6 Å². The third kappa shape index (κ3) is 2.03. The van der Waals surface area contributed by atoms with Crippen LogP contribution in [0.1, 0.15) is 27.7 Å². The molecule has 1 saturated heterocycles. The van der Waals surface area contributed by atoms with Crippen LogP contribution < -0.4 is 0 Å². The Morgan fingerprint density at radius 1 is 1.50 bits per heavy atom. The molecule has 0 aromatic carbocycles. The van der Waals surface area contributed by atoms with Crippen LogP contribution in [0.2, 0.25) is 0 Å². The highest BCUT2D eigenvalue weighted by atomic mass is 31.1. The fraction of sp³-hybridized carbons (Fsp3) is 1.00. The first kappa shape index (κ1) is 10.1. The normalized spacial score (nSPS) is 32.4. The van der Waals surface area contributed by atoms with Crippen molar-refractivity contribution in [3.05, 3.63) is 0 Å². The molecule has 0 bridgehead atoms. The van der Waals surface area contributed by atoms with Crippen molar-refractivity contribution in [2.24, 2.45) is 11.3 Å². The van der Waals surface area contributed by atoms with E-state index in [1.54, 1.807) is 0 Å². The van der Waals surface area contributed by atoms with Crippen molar-refractivity contribution in [1.29, 1.82) is 0 Å². The molecule has 0 aromatic heterocycles. The van der Waals surface area contributed by atoms with E-state index in [-0.39, 0.29) is 11.5 Å². The Balaban J connectivity index is 2.72. The number of rotatable bonds is 1. The van der Waals surface area contributed by atoms with Gasteiger partial charge in [-0.25, -0.2) is 0 Å². The van der Waals surface area contributed by atoms with E-state index in [9.17, 15) is 4.57 Å². The second kappa shape index (κ2) is 3.41. The van der Waals surface area contributed by atoms with E-state index < -0.39 is 8.25 Å².